The molecule has 4 nitrogen and oxygen atoms in total. The van der Waals surface area contributed by atoms with Crippen LogP contribution in [0.3, 0.4) is 0 Å². The number of benzene rings is 2. The number of carbonyl (C=O) groups excluding carboxylic acids is 2. The summed E-state index contributed by atoms with van der Waals surface area (Å²) in [5, 5.41) is 0. The van der Waals surface area contributed by atoms with Gasteiger partial charge in [-0.25, -0.2) is 4.79 Å². The highest BCUT2D eigenvalue weighted by Gasteiger charge is 2.35. The first-order chi connectivity index (χ1) is 12.5. The topological polar surface area (TPSA) is 46.6 Å². The van der Waals surface area contributed by atoms with Crippen LogP contribution in [0.1, 0.15) is 64.6 Å². The minimum absolute atomic E-state index is 0.0560. The Morgan fingerprint density at radius 2 is 1.85 bits per heavy atom. The second-order valence-electron chi connectivity index (χ2n) is 7.42. The van der Waals surface area contributed by atoms with Gasteiger partial charge in [0.05, 0.1) is 5.56 Å². The van der Waals surface area contributed by atoms with Gasteiger partial charge in [-0.3, -0.25) is 4.79 Å². The maximum absolute atomic E-state index is 13.0. The van der Waals surface area contributed by atoms with Crippen LogP contribution in [-0.2, 0) is 11.2 Å². The standard InChI is InChI=1S/C22H23NO3/c1-14(2)23(18-9-10-18)21(24)16-8-11-19-17(12-16)13-20(26-22(19)25)15-6-4-3-5-7-15/h3-8,11-12,14,18,20H,9-10,13H2,1-2H3/t20-/m1/s1. The summed E-state index contributed by atoms with van der Waals surface area (Å²) in [5.74, 6) is -0.262. The predicted octanol–water partition coefficient (Wildman–Crippen LogP) is 4.15. The summed E-state index contributed by atoms with van der Waals surface area (Å²) >= 11 is 0. The Morgan fingerprint density at radius 1 is 1.12 bits per heavy atom. The molecule has 0 spiro atoms. The fraction of sp³-hybridized carbons (Fsp3) is 0.364. The summed E-state index contributed by atoms with van der Waals surface area (Å²) in [6.45, 7) is 4.11. The zero-order valence-electron chi connectivity index (χ0n) is 15.1. The molecule has 0 aromatic heterocycles. The molecule has 1 amide bonds. The van der Waals surface area contributed by atoms with E-state index in [9.17, 15) is 9.59 Å². The molecule has 2 aromatic carbocycles. The van der Waals surface area contributed by atoms with Crippen molar-refractivity contribution in [3.63, 3.8) is 0 Å². The van der Waals surface area contributed by atoms with Crippen LogP contribution >= 0.6 is 0 Å². The minimum Gasteiger partial charge on any atom is -0.454 e. The van der Waals surface area contributed by atoms with E-state index in [4.69, 9.17) is 4.74 Å². The molecule has 2 aliphatic rings. The molecule has 4 rings (SSSR count). The molecule has 1 aliphatic heterocycles. The predicted molar refractivity (Wildman–Crippen MR) is 99.1 cm³/mol. The molecular formula is C22H23NO3. The van der Waals surface area contributed by atoms with E-state index in [0.717, 1.165) is 24.0 Å². The molecule has 0 bridgehead atoms. The minimum atomic E-state index is -0.318. The fourth-order valence-corrected chi connectivity index (χ4v) is 3.71. The van der Waals surface area contributed by atoms with Crippen LogP contribution < -0.4 is 0 Å². The highest BCUT2D eigenvalue weighted by molar-refractivity contribution is 5.98. The monoisotopic (exact) mass is 349 g/mol. The number of fused-ring (bicyclic) bond motifs is 1. The molecule has 4 heteroatoms. The van der Waals surface area contributed by atoms with Gasteiger partial charge in [-0.05, 0) is 56.0 Å². The average Bonchev–Trinajstić information content (AvgIpc) is 3.46. The number of hydrogen-bond donors (Lipinski definition) is 0. The third kappa shape index (κ3) is 3.12. The van der Waals surface area contributed by atoms with Crippen molar-refractivity contribution in [2.45, 2.75) is 51.3 Å². The van der Waals surface area contributed by atoms with Gasteiger partial charge in [-0.1, -0.05) is 30.3 Å². The molecule has 1 aliphatic carbocycles. The van der Waals surface area contributed by atoms with Crippen molar-refractivity contribution >= 4 is 11.9 Å². The molecule has 1 atom stereocenters. The van der Waals surface area contributed by atoms with Crippen molar-refractivity contribution in [2.75, 3.05) is 0 Å². The Morgan fingerprint density at radius 3 is 2.50 bits per heavy atom. The molecular weight excluding hydrogens is 326 g/mol. The van der Waals surface area contributed by atoms with E-state index in [0.29, 0.717) is 23.6 Å². The zero-order valence-corrected chi connectivity index (χ0v) is 15.1. The smallest absolute Gasteiger partial charge is 0.339 e. The van der Waals surface area contributed by atoms with Gasteiger partial charge in [0.25, 0.3) is 5.91 Å². The van der Waals surface area contributed by atoms with Crippen molar-refractivity contribution in [3.8, 4) is 0 Å². The van der Waals surface area contributed by atoms with E-state index in [-0.39, 0.29) is 24.0 Å². The van der Waals surface area contributed by atoms with Crippen LogP contribution in [0.4, 0.5) is 0 Å². The molecule has 1 saturated carbocycles. The summed E-state index contributed by atoms with van der Waals surface area (Å²) in [6, 6.07) is 15.7. The van der Waals surface area contributed by atoms with Gasteiger partial charge in [-0.15, -0.1) is 0 Å². The average molecular weight is 349 g/mol. The van der Waals surface area contributed by atoms with E-state index < -0.39 is 0 Å². The number of amides is 1. The van der Waals surface area contributed by atoms with Gasteiger partial charge in [0, 0.05) is 24.1 Å². The summed E-state index contributed by atoms with van der Waals surface area (Å²) in [4.78, 5) is 27.4. The van der Waals surface area contributed by atoms with Crippen molar-refractivity contribution in [3.05, 3.63) is 70.8 Å². The van der Waals surface area contributed by atoms with Gasteiger partial charge in [0.2, 0.25) is 0 Å². The Kier molecular flexibility index (Phi) is 4.27. The second-order valence-corrected chi connectivity index (χ2v) is 7.42. The molecule has 0 radical (unpaired) electrons. The Balaban J connectivity index is 1.64. The largest absolute Gasteiger partial charge is 0.454 e. The summed E-state index contributed by atoms with van der Waals surface area (Å²) in [5.41, 5.74) is 3.09. The number of rotatable bonds is 4. The zero-order chi connectivity index (χ0) is 18.3. The normalized spacial score (nSPS) is 19.0. The van der Waals surface area contributed by atoms with Crippen molar-refractivity contribution in [2.24, 2.45) is 0 Å². The Hall–Kier alpha value is -2.62. The highest BCUT2D eigenvalue weighted by Crippen LogP contribution is 2.33. The van der Waals surface area contributed by atoms with Crippen molar-refractivity contribution < 1.29 is 14.3 Å². The molecule has 0 saturated heterocycles. The first-order valence-electron chi connectivity index (χ1n) is 9.26. The van der Waals surface area contributed by atoms with Crippen LogP contribution in [0.5, 0.6) is 0 Å². The van der Waals surface area contributed by atoms with E-state index in [1.165, 1.54) is 0 Å². The van der Waals surface area contributed by atoms with Gasteiger partial charge < -0.3 is 9.64 Å². The lowest BCUT2D eigenvalue weighted by Crippen LogP contribution is -2.39. The van der Waals surface area contributed by atoms with Gasteiger partial charge in [0.15, 0.2) is 0 Å². The van der Waals surface area contributed by atoms with Crippen molar-refractivity contribution in [1.29, 1.82) is 0 Å². The number of hydrogen-bond acceptors (Lipinski definition) is 3. The first kappa shape index (κ1) is 16.8. The van der Waals surface area contributed by atoms with Crippen LogP contribution in [0.25, 0.3) is 0 Å². The lowest BCUT2D eigenvalue weighted by Gasteiger charge is -2.28. The fourth-order valence-electron chi connectivity index (χ4n) is 3.71. The molecule has 26 heavy (non-hydrogen) atoms. The third-order valence-electron chi connectivity index (χ3n) is 5.13. The van der Waals surface area contributed by atoms with E-state index >= 15 is 0 Å². The number of esters is 1. The third-order valence-corrected chi connectivity index (χ3v) is 5.13. The maximum atomic E-state index is 13.0. The van der Waals surface area contributed by atoms with Crippen LogP contribution in [0.15, 0.2) is 48.5 Å². The van der Waals surface area contributed by atoms with E-state index in [1.54, 1.807) is 12.1 Å². The maximum Gasteiger partial charge on any atom is 0.339 e. The van der Waals surface area contributed by atoms with Gasteiger partial charge >= 0.3 is 5.97 Å². The van der Waals surface area contributed by atoms with E-state index in [1.807, 2.05) is 41.3 Å². The quantitative estimate of drug-likeness (QED) is 0.779. The summed E-state index contributed by atoms with van der Waals surface area (Å²) in [6.07, 6.45) is 2.46. The van der Waals surface area contributed by atoms with Gasteiger partial charge in [-0.2, -0.15) is 0 Å². The Bertz CT molecular complexity index is 838. The number of nitrogens with zero attached hydrogens (tertiary/aromatic N) is 1. The summed E-state index contributed by atoms with van der Waals surface area (Å²) < 4.78 is 5.60. The molecule has 1 fully saturated rings. The first-order valence-corrected chi connectivity index (χ1v) is 9.26. The molecule has 1 heterocycles. The lowest BCUT2D eigenvalue weighted by molar-refractivity contribution is 0.0252. The second kappa shape index (κ2) is 6.60. The van der Waals surface area contributed by atoms with Crippen LogP contribution in [0, 0.1) is 0 Å². The molecule has 0 N–H and O–H groups in total. The number of carbonyl (C=O) groups is 2. The van der Waals surface area contributed by atoms with E-state index in [2.05, 4.69) is 13.8 Å². The van der Waals surface area contributed by atoms with Gasteiger partial charge in [0.1, 0.15) is 6.10 Å². The summed E-state index contributed by atoms with van der Waals surface area (Å²) in [7, 11) is 0. The molecule has 134 valence electrons. The number of cyclic esters (lactones) is 1. The number of ether oxygens (including phenoxy) is 1. The molecule has 2 aromatic rings. The Labute approximate surface area is 153 Å². The highest BCUT2D eigenvalue weighted by atomic mass is 16.5. The lowest BCUT2D eigenvalue weighted by atomic mass is 9.93. The van der Waals surface area contributed by atoms with Crippen LogP contribution in [-0.4, -0.2) is 28.9 Å². The molecule has 0 unspecified atom stereocenters. The van der Waals surface area contributed by atoms with Crippen LogP contribution in [0.2, 0.25) is 0 Å². The van der Waals surface area contributed by atoms with Crippen molar-refractivity contribution in [1.82, 2.24) is 4.90 Å². The SMILES string of the molecule is CC(C)N(C(=O)c1ccc2c(c1)C[C@H](c1ccccc1)OC2=O)C1CC1.